The van der Waals surface area contributed by atoms with Crippen molar-refractivity contribution >= 4 is 5.96 Å². The number of rotatable bonds is 5. The normalized spacial score (nSPS) is 24.5. The molecule has 3 heterocycles. The van der Waals surface area contributed by atoms with Crippen molar-refractivity contribution in [2.75, 3.05) is 19.7 Å². The fraction of sp³-hybridized carbons (Fsp3) is 0.824. The third-order valence-electron chi connectivity index (χ3n) is 4.84. The molecule has 7 heteroatoms. The first-order chi connectivity index (χ1) is 11.7. The van der Waals surface area contributed by atoms with Crippen LogP contribution in [0.1, 0.15) is 57.6 Å². The van der Waals surface area contributed by atoms with Crippen molar-refractivity contribution in [1.29, 1.82) is 0 Å². The number of guanidine groups is 1. The second-order valence-corrected chi connectivity index (χ2v) is 6.95. The molecule has 0 spiro atoms. The van der Waals surface area contributed by atoms with Crippen LogP contribution >= 0.6 is 0 Å². The van der Waals surface area contributed by atoms with Crippen LogP contribution in [0.3, 0.4) is 0 Å². The molecule has 7 nitrogen and oxygen atoms in total. The van der Waals surface area contributed by atoms with E-state index in [-0.39, 0.29) is 5.60 Å². The molecule has 0 bridgehead atoms. The number of nitrogens with one attached hydrogen (secondary N) is 2. The smallest absolute Gasteiger partial charge is 0.191 e. The van der Waals surface area contributed by atoms with Crippen molar-refractivity contribution in [3.05, 3.63) is 11.6 Å². The topological polar surface area (TPSA) is 76.4 Å². The van der Waals surface area contributed by atoms with E-state index in [4.69, 9.17) is 9.73 Å². The fourth-order valence-corrected chi connectivity index (χ4v) is 3.40. The summed E-state index contributed by atoms with van der Waals surface area (Å²) in [6.07, 6.45) is 6.95. The number of aliphatic imine (C=N–C) groups is 1. The van der Waals surface area contributed by atoms with E-state index < -0.39 is 0 Å². The van der Waals surface area contributed by atoms with Gasteiger partial charge in [0.1, 0.15) is 12.4 Å². The molecule has 134 valence electrons. The maximum Gasteiger partial charge on any atom is 0.191 e. The zero-order valence-electron chi connectivity index (χ0n) is 15.0. The highest BCUT2D eigenvalue weighted by Gasteiger charge is 2.29. The van der Waals surface area contributed by atoms with E-state index in [9.17, 15) is 0 Å². The van der Waals surface area contributed by atoms with E-state index in [1.807, 2.05) is 0 Å². The first-order valence-corrected chi connectivity index (χ1v) is 9.27. The highest BCUT2D eigenvalue weighted by molar-refractivity contribution is 5.79. The van der Waals surface area contributed by atoms with E-state index in [0.29, 0.717) is 6.54 Å². The van der Waals surface area contributed by atoms with Crippen molar-refractivity contribution in [3.8, 4) is 0 Å². The summed E-state index contributed by atoms with van der Waals surface area (Å²) >= 11 is 0. The van der Waals surface area contributed by atoms with Gasteiger partial charge in [-0.1, -0.05) is 6.42 Å². The molecule has 2 aliphatic rings. The van der Waals surface area contributed by atoms with Crippen LogP contribution in [0.15, 0.2) is 4.99 Å². The minimum atomic E-state index is -0.0812. The molecule has 1 atom stereocenters. The summed E-state index contributed by atoms with van der Waals surface area (Å²) in [5.41, 5.74) is -0.0812. The Kier molecular flexibility index (Phi) is 5.71. The quantitative estimate of drug-likeness (QED) is 0.632. The molecule has 3 rings (SSSR count). The number of hydrogen-bond donors (Lipinski definition) is 2. The summed E-state index contributed by atoms with van der Waals surface area (Å²) in [6, 6.07) is 0. The second kappa shape index (κ2) is 7.96. The molecule has 2 aliphatic heterocycles. The molecule has 1 fully saturated rings. The maximum absolute atomic E-state index is 5.84. The molecule has 24 heavy (non-hydrogen) atoms. The molecule has 0 saturated carbocycles. The van der Waals surface area contributed by atoms with Gasteiger partial charge in [-0.15, -0.1) is 10.2 Å². The lowest BCUT2D eigenvalue weighted by Crippen LogP contribution is -2.45. The number of ether oxygens (including phenoxy) is 1. The lowest BCUT2D eigenvalue weighted by molar-refractivity contribution is 0.0243. The SMILES string of the molecule is CCNC(=NCc1nnc2n1CCCCC2)NCC1(C)CCCO1. The Hall–Kier alpha value is -1.63. The second-order valence-electron chi connectivity index (χ2n) is 6.95. The number of hydrogen-bond acceptors (Lipinski definition) is 4. The lowest BCUT2D eigenvalue weighted by Gasteiger charge is -2.24. The molecule has 0 amide bonds. The van der Waals surface area contributed by atoms with Crippen molar-refractivity contribution in [2.45, 2.75) is 71.1 Å². The van der Waals surface area contributed by atoms with E-state index in [0.717, 1.165) is 63.1 Å². The molecule has 0 radical (unpaired) electrons. The molecule has 1 aromatic heterocycles. The zero-order chi connectivity index (χ0) is 16.8. The summed E-state index contributed by atoms with van der Waals surface area (Å²) in [5.74, 6) is 2.90. The minimum absolute atomic E-state index is 0.0812. The molecule has 0 aliphatic carbocycles. The third kappa shape index (κ3) is 4.26. The minimum Gasteiger partial charge on any atom is -0.373 e. The van der Waals surface area contributed by atoms with Crippen LogP contribution in [0, 0.1) is 0 Å². The summed E-state index contributed by atoms with van der Waals surface area (Å²) in [6.45, 7) is 8.28. The Bertz CT molecular complexity index is 561. The fourth-order valence-electron chi connectivity index (χ4n) is 3.40. The number of aryl methyl sites for hydroxylation is 1. The maximum atomic E-state index is 5.84. The van der Waals surface area contributed by atoms with Crippen LogP contribution < -0.4 is 10.6 Å². The van der Waals surface area contributed by atoms with Gasteiger partial charge in [-0.25, -0.2) is 4.99 Å². The summed E-state index contributed by atoms with van der Waals surface area (Å²) < 4.78 is 8.09. The van der Waals surface area contributed by atoms with Crippen LogP contribution in [-0.2, 0) is 24.2 Å². The molecule has 2 N–H and O–H groups in total. The molecule has 1 aromatic rings. The molecular weight excluding hydrogens is 304 g/mol. The Morgan fingerprint density at radius 3 is 2.96 bits per heavy atom. The Morgan fingerprint density at radius 2 is 2.17 bits per heavy atom. The summed E-state index contributed by atoms with van der Waals surface area (Å²) in [5, 5.41) is 15.4. The third-order valence-corrected chi connectivity index (χ3v) is 4.84. The number of aromatic nitrogens is 3. The Balaban J connectivity index is 1.62. The van der Waals surface area contributed by atoms with Gasteiger partial charge in [0.05, 0.1) is 5.60 Å². The largest absolute Gasteiger partial charge is 0.373 e. The summed E-state index contributed by atoms with van der Waals surface area (Å²) in [4.78, 5) is 4.70. The van der Waals surface area contributed by atoms with Gasteiger partial charge in [-0.2, -0.15) is 0 Å². The van der Waals surface area contributed by atoms with Gasteiger partial charge < -0.3 is 19.9 Å². The van der Waals surface area contributed by atoms with Crippen molar-refractivity contribution < 1.29 is 4.74 Å². The summed E-state index contributed by atoms with van der Waals surface area (Å²) in [7, 11) is 0. The predicted octanol–water partition coefficient (Wildman–Crippen LogP) is 1.63. The Morgan fingerprint density at radius 1 is 1.25 bits per heavy atom. The molecule has 0 aromatic carbocycles. The zero-order valence-corrected chi connectivity index (χ0v) is 15.0. The lowest BCUT2D eigenvalue weighted by atomic mass is 10.0. The standard InChI is InChI=1S/C17H30N6O/c1-3-18-16(20-13-17(2)9-7-11-24-17)19-12-15-22-21-14-8-5-4-6-10-23(14)15/h3-13H2,1-2H3,(H2,18,19,20). The van der Waals surface area contributed by atoms with Crippen LogP contribution in [0.5, 0.6) is 0 Å². The van der Waals surface area contributed by atoms with E-state index in [1.165, 1.54) is 19.3 Å². The van der Waals surface area contributed by atoms with Gasteiger partial charge in [0.25, 0.3) is 0 Å². The van der Waals surface area contributed by atoms with Gasteiger partial charge in [-0.3, -0.25) is 0 Å². The highest BCUT2D eigenvalue weighted by atomic mass is 16.5. The van der Waals surface area contributed by atoms with Crippen LogP contribution in [0.4, 0.5) is 0 Å². The first kappa shape index (κ1) is 17.2. The first-order valence-electron chi connectivity index (χ1n) is 9.27. The monoisotopic (exact) mass is 334 g/mol. The molecule has 1 saturated heterocycles. The average Bonchev–Trinajstić information content (AvgIpc) is 3.10. The predicted molar refractivity (Wildman–Crippen MR) is 94.0 cm³/mol. The van der Waals surface area contributed by atoms with Gasteiger partial charge in [0.2, 0.25) is 0 Å². The van der Waals surface area contributed by atoms with Crippen LogP contribution in [0.25, 0.3) is 0 Å². The molecule has 1 unspecified atom stereocenters. The molecular formula is C17H30N6O. The Labute approximate surface area is 144 Å². The average molecular weight is 334 g/mol. The van der Waals surface area contributed by atoms with Crippen molar-refractivity contribution in [3.63, 3.8) is 0 Å². The number of fused-ring (bicyclic) bond motifs is 1. The highest BCUT2D eigenvalue weighted by Crippen LogP contribution is 2.23. The van der Waals surface area contributed by atoms with Crippen LogP contribution in [0.2, 0.25) is 0 Å². The van der Waals surface area contributed by atoms with Gasteiger partial charge in [-0.05, 0) is 39.5 Å². The number of nitrogens with zero attached hydrogens (tertiary/aromatic N) is 4. The van der Waals surface area contributed by atoms with Crippen molar-refractivity contribution in [1.82, 2.24) is 25.4 Å². The van der Waals surface area contributed by atoms with Gasteiger partial charge >= 0.3 is 0 Å². The van der Waals surface area contributed by atoms with Crippen molar-refractivity contribution in [2.24, 2.45) is 4.99 Å². The van der Waals surface area contributed by atoms with Gasteiger partial charge in [0, 0.05) is 32.7 Å². The van der Waals surface area contributed by atoms with Gasteiger partial charge in [0.15, 0.2) is 11.8 Å². The van der Waals surface area contributed by atoms with Crippen LogP contribution in [-0.4, -0.2) is 46.0 Å². The van der Waals surface area contributed by atoms with E-state index in [2.05, 4.69) is 39.2 Å². The van der Waals surface area contributed by atoms with E-state index in [1.54, 1.807) is 0 Å². The van der Waals surface area contributed by atoms with E-state index >= 15 is 0 Å².